The molecular weight excluding hydrogens is 194 g/mol. The van der Waals surface area contributed by atoms with Crippen LogP contribution >= 0.6 is 11.6 Å². The van der Waals surface area contributed by atoms with Crippen molar-refractivity contribution in [2.45, 2.75) is 32.7 Å². The molecule has 0 fully saturated rings. The van der Waals surface area contributed by atoms with E-state index in [1.54, 1.807) is 0 Å². The molecular formula is C12H16ClN. The summed E-state index contributed by atoms with van der Waals surface area (Å²) in [6.07, 6.45) is 2.28. The maximum atomic E-state index is 6.16. The third kappa shape index (κ3) is 1.50. The van der Waals surface area contributed by atoms with Gasteiger partial charge in [0.25, 0.3) is 0 Å². The summed E-state index contributed by atoms with van der Waals surface area (Å²) >= 11 is 6.16. The largest absolute Gasteiger partial charge is 0.368 e. The molecule has 0 aliphatic carbocycles. The van der Waals surface area contributed by atoms with E-state index in [0.717, 1.165) is 18.0 Å². The Bertz CT molecular complexity index is 335. The van der Waals surface area contributed by atoms with Crippen LogP contribution in [0.5, 0.6) is 0 Å². The average molecular weight is 210 g/mol. The van der Waals surface area contributed by atoms with Crippen molar-refractivity contribution in [1.29, 1.82) is 0 Å². The number of rotatable bonds is 2. The second kappa shape index (κ2) is 3.82. The number of anilines is 1. The van der Waals surface area contributed by atoms with Crippen LogP contribution in [0.25, 0.3) is 0 Å². The maximum Gasteiger partial charge on any atom is 0.0459 e. The van der Waals surface area contributed by atoms with Gasteiger partial charge in [0.2, 0.25) is 0 Å². The average Bonchev–Trinajstić information content (AvgIpc) is 2.62. The minimum atomic E-state index is 0.620. The number of nitrogens with zero attached hydrogens (tertiary/aromatic N) is 1. The predicted octanol–water partition coefficient (Wildman–Crippen LogP) is 3.50. The van der Waals surface area contributed by atoms with Crippen LogP contribution in [-0.4, -0.2) is 12.6 Å². The highest BCUT2D eigenvalue weighted by Gasteiger charge is 2.23. The summed E-state index contributed by atoms with van der Waals surface area (Å²) in [5.74, 6) is 0. The number of hydrogen-bond acceptors (Lipinski definition) is 1. The van der Waals surface area contributed by atoms with E-state index < -0.39 is 0 Å². The van der Waals surface area contributed by atoms with Crippen LogP contribution in [0.15, 0.2) is 18.2 Å². The molecule has 76 valence electrons. The highest BCUT2D eigenvalue weighted by atomic mass is 35.5. The SMILES string of the molecule is CCC(C)N1CCc2c(Cl)cccc21. The molecule has 0 amide bonds. The van der Waals surface area contributed by atoms with Crippen LogP contribution in [0.4, 0.5) is 5.69 Å². The van der Waals surface area contributed by atoms with Crippen molar-refractivity contribution in [2.75, 3.05) is 11.4 Å². The lowest BCUT2D eigenvalue weighted by molar-refractivity contribution is 0.635. The normalized spacial score (nSPS) is 16.9. The van der Waals surface area contributed by atoms with Gasteiger partial charge in [-0.1, -0.05) is 24.6 Å². The Morgan fingerprint density at radius 1 is 1.50 bits per heavy atom. The molecule has 0 saturated carbocycles. The lowest BCUT2D eigenvalue weighted by atomic mass is 10.1. The second-order valence-electron chi connectivity index (χ2n) is 3.94. The number of halogens is 1. The van der Waals surface area contributed by atoms with E-state index in [2.05, 4.69) is 24.8 Å². The number of fused-ring (bicyclic) bond motifs is 1. The van der Waals surface area contributed by atoms with E-state index in [4.69, 9.17) is 11.6 Å². The van der Waals surface area contributed by atoms with Crippen molar-refractivity contribution in [3.8, 4) is 0 Å². The molecule has 0 bridgehead atoms. The van der Waals surface area contributed by atoms with E-state index in [1.165, 1.54) is 17.7 Å². The molecule has 0 N–H and O–H groups in total. The van der Waals surface area contributed by atoms with Gasteiger partial charge in [-0.2, -0.15) is 0 Å². The van der Waals surface area contributed by atoms with Crippen LogP contribution < -0.4 is 4.90 Å². The van der Waals surface area contributed by atoms with Gasteiger partial charge < -0.3 is 4.90 Å². The first-order valence-corrected chi connectivity index (χ1v) is 5.66. The topological polar surface area (TPSA) is 3.24 Å². The quantitative estimate of drug-likeness (QED) is 0.721. The molecule has 1 aromatic carbocycles. The molecule has 2 rings (SSSR count). The fourth-order valence-electron chi connectivity index (χ4n) is 2.09. The van der Waals surface area contributed by atoms with Gasteiger partial charge in [0, 0.05) is 23.3 Å². The molecule has 0 aromatic heterocycles. The summed E-state index contributed by atoms with van der Waals surface area (Å²) in [4.78, 5) is 2.46. The van der Waals surface area contributed by atoms with Gasteiger partial charge in [-0.05, 0) is 37.5 Å². The predicted molar refractivity (Wildman–Crippen MR) is 62.3 cm³/mol. The molecule has 1 aromatic rings. The highest BCUT2D eigenvalue weighted by Crippen LogP contribution is 2.34. The molecule has 1 nitrogen and oxygen atoms in total. The van der Waals surface area contributed by atoms with Crippen LogP contribution in [0.2, 0.25) is 5.02 Å². The Morgan fingerprint density at radius 2 is 2.29 bits per heavy atom. The maximum absolute atomic E-state index is 6.16. The van der Waals surface area contributed by atoms with Gasteiger partial charge in [0.1, 0.15) is 0 Å². The summed E-state index contributed by atoms with van der Waals surface area (Å²) in [5, 5.41) is 0.924. The van der Waals surface area contributed by atoms with Crippen molar-refractivity contribution in [3.63, 3.8) is 0 Å². The van der Waals surface area contributed by atoms with Gasteiger partial charge in [0.15, 0.2) is 0 Å². The van der Waals surface area contributed by atoms with Gasteiger partial charge in [-0.3, -0.25) is 0 Å². The van der Waals surface area contributed by atoms with Gasteiger partial charge in [-0.15, -0.1) is 0 Å². The van der Waals surface area contributed by atoms with E-state index >= 15 is 0 Å². The lowest BCUT2D eigenvalue weighted by Crippen LogP contribution is -2.30. The van der Waals surface area contributed by atoms with E-state index in [-0.39, 0.29) is 0 Å². The Balaban J connectivity index is 2.35. The Morgan fingerprint density at radius 3 is 3.00 bits per heavy atom. The summed E-state index contributed by atoms with van der Waals surface area (Å²) in [6.45, 7) is 5.62. The first-order valence-electron chi connectivity index (χ1n) is 5.28. The second-order valence-corrected chi connectivity index (χ2v) is 4.35. The van der Waals surface area contributed by atoms with Crippen LogP contribution in [0.3, 0.4) is 0 Å². The fraction of sp³-hybridized carbons (Fsp3) is 0.500. The van der Waals surface area contributed by atoms with Gasteiger partial charge in [-0.25, -0.2) is 0 Å². The molecule has 1 heterocycles. The summed E-state index contributed by atoms with van der Waals surface area (Å²) in [7, 11) is 0. The Kier molecular flexibility index (Phi) is 2.69. The van der Waals surface area contributed by atoms with Crippen molar-refractivity contribution >= 4 is 17.3 Å². The van der Waals surface area contributed by atoms with Crippen molar-refractivity contribution in [3.05, 3.63) is 28.8 Å². The zero-order valence-electron chi connectivity index (χ0n) is 8.76. The third-order valence-corrected chi connectivity index (χ3v) is 3.48. The van der Waals surface area contributed by atoms with E-state index in [1.807, 2.05) is 12.1 Å². The molecule has 0 radical (unpaired) electrons. The molecule has 1 aliphatic heterocycles. The van der Waals surface area contributed by atoms with Crippen molar-refractivity contribution < 1.29 is 0 Å². The highest BCUT2D eigenvalue weighted by molar-refractivity contribution is 6.31. The fourth-order valence-corrected chi connectivity index (χ4v) is 2.36. The van der Waals surface area contributed by atoms with E-state index in [0.29, 0.717) is 6.04 Å². The minimum Gasteiger partial charge on any atom is -0.368 e. The van der Waals surface area contributed by atoms with Crippen molar-refractivity contribution in [1.82, 2.24) is 0 Å². The standard InChI is InChI=1S/C12H16ClN/c1-3-9(2)14-8-7-10-11(13)5-4-6-12(10)14/h4-6,9H,3,7-8H2,1-2H3. The first-order chi connectivity index (χ1) is 6.74. The third-order valence-electron chi connectivity index (χ3n) is 3.13. The Hall–Kier alpha value is -0.690. The van der Waals surface area contributed by atoms with Crippen LogP contribution in [0, 0.1) is 0 Å². The molecule has 2 heteroatoms. The molecule has 1 unspecified atom stereocenters. The number of benzene rings is 1. The smallest absolute Gasteiger partial charge is 0.0459 e. The summed E-state index contributed by atoms with van der Waals surface area (Å²) in [5.41, 5.74) is 2.67. The first kappa shape index (κ1) is 9.85. The molecule has 14 heavy (non-hydrogen) atoms. The molecule has 1 atom stereocenters. The van der Waals surface area contributed by atoms with Gasteiger partial charge >= 0.3 is 0 Å². The zero-order chi connectivity index (χ0) is 10.1. The van der Waals surface area contributed by atoms with Crippen LogP contribution in [0.1, 0.15) is 25.8 Å². The molecule has 0 spiro atoms. The molecule has 0 saturated heterocycles. The molecule has 1 aliphatic rings. The summed E-state index contributed by atoms with van der Waals surface area (Å²) in [6, 6.07) is 6.83. The van der Waals surface area contributed by atoms with Crippen molar-refractivity contribution in [2.24, 2.45) is 0 Å². The Labute approximate surface area is 90.7 Å². The monoisotopic (exact) mass is 209 g/mol. The van der Waals surface area contributed by atoms with Gasteiger partial charge in [0.05, 0.1) is 0 Å². The van der Waals surface area contributed by atoms with E-state index in [9.17, 15) is 0 Å². The minimum absolute atomic E-state index is 0.620. The lowest BCUT2D eigenvalue weighted by Gasteiger charge is -2.26. The summed E-state index contributed by atoms with van der Waals surface area (Å²) < 4.78 is 0. The number of hydrogen-bond donors (Lipinski definition) is 0. The zero-order valence-corrected chi connectivity index (χ0v) is 9.51. The van der Waals surface area contributed by atoms with Crippen LogP contribution in [-0.2, 0) is 6.42 Å².